The quantitative estimate of drug-likeness (QED) is 0.585. The average molecular weight is 383 g/mol. The third-order valence-electron chi connectivity index (χ3n) is 3.65. The molecule has 0 saturated carbocycles. The van der Waals surface area contributed by atoms with Gasteiger partial charge >= 0.3 is 6.36 Å². The van der Waals surface area contributed by atoms with Gasteiger partial charge in [0.05, 0.1) is 4.92 Å². The number of para-hydroxylation sites is 1. The lowest BCUT2D eigenvalue weighted by molar-refractivity contribution is -0.385. The van der Waals surface area contributed by atoms with Crippen LogP contribution in [0.5, 0.6) is 5.75 Å². The molecule has 0 aromatic heterocycles. The van der Waals surface area contributed by atoms with E-state index in [4.69, 9.17) is 5.73 Å². The molecule has 10 heteroatoms. The molecule has 0 aliphatic heterocycles. The van der Waals surface area contributed by atoms with E-state index in [-0.39, 0.29) is 35.7 Å². The maximum absolute atomic E-state index is 12.5. The third-order valence-corrected chi connectivity index (χ3v) is 3.65. The summed E-state index contributed by atoms with van der Waals surface area (Å²) < 4.78 is 41.5. The standard InChI is InChI=1S/C17H16F3N3O4/c1-22(10-13-4-2-3-5-15(13)27-17(18,19)20)9-12-7-6-11(16(21)24)8-14(12)23(25)26/h2-8H,9-10H2,1H3,(H2,21,24). The van der Waals surface area contributed by atoms with Gasteiger partial charge in [0, 0.05) is 35.8 Å². The highest BCUT2D eigenvalue weighted by atomic mass is 19.4. The van der Waals surface area contributed by atoms with Crippen LogP contribution >= 0.6 is 0 Å². The summed E-state index contributed by atoms with van der Waals surface area (Å²) in [4.78, 5) is 23.4. The highest BCUT2D eigenvalue weighted by Crippen LogP contribution is 2.28. The van der Waals surface area contributed by atoms with Crippen molar-refractivity contribution in [2.24, 2.45) is 5.73 Å². The van der Waals surface area contributed by atoms with Gasteiger partial charge in [0.15, 0.2) is 0 Å². The van der Waals surface area contributed by atoms with Gasteiger partial charge in [-0.15, -0.1) is 13.2 Å². The Bertz CT molecular complexity index is 856. The highest BCUT2D eigenvalue weighted by molar-refractivity contribution is 5.93. The molecule has 2 aromatic carbocycles. The number of ether oxygens (including phenoxy) is 1. The van der Waals surface area contributed by atoms with Crippen LogP contribution in [0.1, 0.15) is 21.5 Å². The zero-order valence-electron chi connectivity index (χ0n) is 14.2. The molecule has 0 heterocycles. The molecule has 0 aliphatic carbocycles. The third kappa shape index (κ3) is 5.68. The summed E-state index contributed by atoms with van der Waals surface area (Å²) in [5.74, 6) is -1.13. The Hall–Kier alpha value is -3.14. The number of nitro benzene ring substituents is 1. The molecular weight excluding hydrogens is 367 g/mol. The predicted molar refractivity (Wildman–Crippen MR) is 89.9 cm³/mol. The van der Waals surface area contributed by atoms with Gasteiger partial charge in [-0.05, 0) is 19.2 Å². The second-order valence-electron chi connectivity index (χ2n) is 5.79. The summed E-state index contributed by atoms with van der Waals surface area (Å²) >= 11 is 0. The molecule has 144 valence electrons. The molecule has 0 unspecified atom stereocenters. The van der Waals surface area contributed by atoms with Crippen molar-refractivity contribution in [2.75, 3.05) is 7.05 Å². The highest BCUT2D eigenvalue weighted by Gasteiger charge is 2.32. The summed E-state index contributed by atoms with van der Waals surface area (Å²) in [6.07, 6.45) is -4.82. The van der Waals surface area contributed by atoms with Crippen molar-refractivity contribution in [1.82, 2.24) is 4.90 Å². The van der Waals surface area contributed by atoms with E-state index in [1.165, 1.54) is 30.3 Å². The van der Waals surface area contributed by atoms with Gasteiger partial charge in [0.25, 0.3) is 5.69 Å². The molecule has 0 bridgehead atoms. The number of carbonyl (C=O) groups is 1. The first kappa shape index (κ1) is 20.2. The van der Waals surface area contributed by atoms with Crippen LogP contribution in [0.25, 0.3) is 0 Å². The van der Waals surface area contributed by atoms with E-state index in [1.807, 2.05) is 0 Å². The molecular formula is C17H16F3N3O4. The van der Waals surface area contributed by atoms with Gasteiger partial charge in [0.2, 0.25) is 5.91 Å². The lowest BCUT2D eigenvalue weighted by Crippen LogP contribution is -2.21. The first-order valence-electron chi connectivity index (χ1n) is 7.66. The minimum Gasteiger partial charge on any atom is -0.405 e. The molecule has 7 nitrogen and oxygen atoms in total. The molecule has 0 saturated heterocycles. The number of hydrogen-bond donors (Lipinski definition) is 1. The van der Waals surface area contributed by atoms with E-state index < -0.39 is 17.2 Å². The average Bonchev–Trinajstić information content (AvgIpc) is 2.55. The van der Waals surface area contributed by atoms with Gasteiger partial charge in [-0.3, -0.25) is 19.8 Å². The smallest absolute Gasteiger partial charge is 0.405 e. The Labute approximate surface area is 152 Å². The van der Waals surface area contributed by atoms with Gasteiger partial charge in [-0.25, -0.2) is 0 Å². The Morgan fingerprint density at radius 3 is 2.41 bits per heavy atom. The SMILES string of the molecule is CN(Cc1ccccc1OC(F)(F)F)Cc1ccc(C(N)=O)cc1[N+](=O)[O-]. The number of nitro groups is 1. The fourth-order valence-corrected chi connectivity index (χ4v) is 2.52. The molecule has 0 aliphatic rings. The lowest BCUT2D eigenvalue weighted by Gasteiger charge is -2.19. The number of carbonyl (C=O) groups excluding carboxylic acids is 1. The van der Waals surface area contributed by atoms with Crippen LogP contribution in [0.15, 0.2) is 42.5 Å². The van der Waals surface area contributed by atoms with Crippen LogP contribution in [-0.4, -0.2) is 29.1 Å². The van der Waals surface area contributed by atoms with Crippen molar-refractivity contribution in [1.29, 1.82) is 0 Å². The number of halogens is 3. The van der Waals surface area contributed by atoms with Crippen molar-refractivity contribution in [3.63, 3.8) is 0 Å². The number of primary amides is 1. The van der Waals surface area contributed by atoms with Crippen LogP contribution < -0.4 is 10.5 Å². The zero-order valence-corrected chi connectivity index (χ0v) is 14.2. The van der Waals surface area contributed by atoms with Crippen LogP contribution in [0.4, 0.5) is 18.9 Å². The summed E-state index contributed by atoms with van der Waals surface area (Å²) in [5.41, 5.74) is 5.39. The van der Waals surface area contributed by atoms with E-state index in [2.05, 4.69) is 4.74 Å². The van der Waals surface area contributed by atoms with Gasteiger partial charge in [0.1, 0.15) is 5.75 Å². The lowest BCUT2D eigenvalue weighted by atomic mass is 10.1. The normalized spacial score (nSPS) is 11.4. The molecule has 0 fully saturated rings. The Morgan fingerprint density at radius 1 is 1.19 bits per heavy atom. The molecule has 0 radical (unpaired) electrons. The van der Waals surface area contributed by atoms with Gasteiger partial charge in [-0.1, -0.05) is 24.3 Å². The summed E-state index contributed by atoms with van der Waals surface area (Å²) in [7, 11) is 1.59. The number of alkyl halides is 3. The topological polar surface area (TPSA) is 98.7 Å². The Kier molecular flexibility index (Phi) is 6.01. The fourth-order valence-electron chi connectivity index (χ4n) is 2.52. The van der Waals surface area contributed by atoms with Crippen molar-refractivity contribution >= 4 is 11.6 Å². The Balaban J connectivity index is 2.21. The van der Waals surface area contributed by atoms with Crippen LogP contribution in [0, 0.1) is 10.1 Å². The second-order valence-corrected chi connectivity index (χ2v) is 5.79. The molecule has 0 spiro atoms. The zero-order chi connectivity index (χ0) is 20.2. The first-order valence-corrected chi connectivity index (χ1v) is 7.66. The number of benzene rings is 2. The Morgan fingerprint density at radius 2 is 1.81 bits per heavy atom. The first-order chi connectivity index (χ1) is 12.6. The monoisotopic (exact) mass is 383 g/mol. The van der Waals surface area contributed by atoms with Gasteiger partial charge < -0.3 is 10.5 Å². The van der Waals surface area contributed by atoms with Crippen molar-refractivity contribution < 1.29 is 27.6 Å². The largest absolute Gasteiger partial charge is 0.573 e. The molecule has 2 N–H and O–H groups in total. The number of nitrogens with two attached hydrogens (primary N) is 1. The molecule has 1 amide bonds. The van der Waals surface area contributed by atoms with Crippen molar-refractivity contribution in [3.05, 3.63) is 69.3 Å². The van der Waals surface area contributed by atoms with Gasteiger partial charge in [-0.2, -0.15) is 0 Å². The minimum atomic E-state index is -4.82. The maximum Gasteiger partial charge on any atom is 0.573 e. The number of hydrogen-bond acceptors (Lipinski definition) is 5. The van der Waals surface area contributed by atoms with Crippen molar-refractivity contribution in [3.8, 4) is 5.75 Å². The summed E-state index contributed by atoms with van der Waals surface area (Å²) in [6, 6.07) is 9.48. The van der Waals surface area contributed by atoms with E-state index in [1.54, 1.807) is 18.0 Å². The maximum atomic E-state index is 12.5. The number of amides is 1. The van der Waals surface area contributed by atoms with E-state index in [9.17, 15) is 28.1 Å². The van der Waals surface area contributed by atoms with Crippen LogP contribution in [-0.2, 0) is 13.1 Å². The summed E-state index contributed by atoms with van der Waals surface area (Å²) in [6.45, 7) is 0.122. The van der Waals surface area contributed by atoms with E-state index in [0.29, 0.717) is 5.56 Å². The number of nitrogens with zero attached hydrogens (tertiary/aromatic N) is 2. The number of rotatable bonds is 7. The molecule has 2 rings (SSSR count). The fraction of sp³-hybridized carbons (Fsp3) is 0.235. The molecule has 27 heavy (non-hydrogen) atoms. The summed E-state index contributed by atoms with van der Waals surface area (Å²) in [5, 5.41) is 11.2. The van der Waals surface area contributed by atoms with Crippen LogP contribution in [0.2, 0.25) is 0 Å². The van der Waals surface area contributed by atoms with E-state index >= 15 is 0 Å². The molecule has 2 aromatic rings. The second kappa shape index (κ2) is 8.04. The van der Waals surface area contributed by atoms with E-state index in [0.717, 1.165) is 6.07 Å². The van der Waals surface area contributed by atoms with Crippen LogP contribution in [0.3, 0.4) is 0 Å². The predicted octanol–water partition coefficient (Wildman–Crippen LogP) is 3.22. The molecule has 0 atom stereocenters. The minimum absolute atomic E-state index is 0.00275. The van der Waals surface area contributed by atoms with Crippen molar-refractivity contribution in [2.45, 2.75) is 19.5 Å².